The average molecular weight is 363 g/mol. The van der Waals surface area contributed by atoms with Crippen molar-refractivity contribution in [2.45, 2.75) is 31.8 Å². The van der Waals surface area contributed by atoms with E-state index in [-0.39, 0.29) is 11.9 Å². The van der Waals surface area contributed by atoms with Crippen LogP contribution in [0.25, 0.3) is 11.0 Å². The standard InChI is InChI=1S/C21H25N5O/c1-15(16-5-9-22-10-6-16)26-11-7-18(8-12-26)24-21(27)17-3-4-20-19(13-17)23-14-25(20)2/h3-6,9-10,13-15,18H,7-8,11-12H2,1-2H3,(H,24,27)/t15-/m0/s1. The monoisotopic (exact) mass is 363 g/mol. The molecule has 1 N–H and O–H groups in total. The molecule has 6 nitrogen and oxygen atoms in total. The van der Waals surface area contributed by atoms with E-state index in [1.807, 2.05) is 42.2 Å². The number of likely N-dealkylation sites (tertiary alicyclic amines) is 1. The van der Waals surface area contributed by atoms with E-state index in [0.717, 1.165) is 37.0 Å². The van der Waals surface area contributed by atoms with Gasteiger partial charge in [0.1, 0.15) is 0 Å². The van der Waals surface area contributed by atoms with Crippen LogP contribution < -0.4 is 5.32 Å². The molecule has 1 aromatic carbocycles. The van der Waals surface area contributed by atoms with Crippen molar-refractivity contribution in [1.82, 2.24) is 24.8 Å². The molecule has 6 heteroatoms. The second kappa shape index (κ2) is 7.48. The van der Waals surface area contributed by atoms with E-state index in [0.29, 0.717) is 11.6 Å². The summed E-state index contributed by atoms with van der Waals surface area (Å²) < 4.78 is 1.96. The number of pyridine rings is 1. The number of fused-ring (bicyclic) bond motifs is 1. The molecule has 0 spiro atoms. The molecule has 0 unspecified atom stereocenters. The highest BCUT2D eigenvalue weighted by Gasteiger charge is 2.24. The van der Waals surface area contributed by atoms with Gasteiger partial charge in [0.25, 0.3) is 5.91 Å². The Morgan fingerprint density at radius 1 is 1.19 bits per heavy atom. The van der Waals surface area contributed by atoms with E-state index in [1.54, 1.807) is 6.33 Å². The summed E-state index contributed by atoms with van der Waals surface area (Å²) in [6.45, 7) is 4.19. The number of aromatic nitrogens is 3. The van der Waals surface area contributed by atoms with Gasteiger partial charge in [-0.05, 0) is 55.7 Å². The summed E-state index contributed by atoms with van der Waals surface area (Å²) in [5.41, 5.74) is 3.85. The molecule has 1 amide bonds. The number of nitrogens with zero attached hydrogens (tertiary/aromatic N) is 4. The largest absolute Gasteiger partial charge is 0.349 e. The molecule has 0 saturated carbocycles. The number of carbonyl (C=O) groups is 1. The lowest BCUT2D eigenvalue weighted by Gasteiger charge is -2.36. The van der Waals surface area contributed by atoms with E-state index in [1.165, 1.54) is 5.56 Å². The Labute approximate surface area is 159 Å². The van der Waals surface area contributed by atoms with Gasteiger partial charge in [0.15, 0.2) is 0 Å². The molecule has 1 saturated heterocycles. The Hall–Kier alpha value is -2.73. The van der Waals surface area contributed by atoms with Crippen LogP contribution in [-0.2, 0) is 7.05 Å². The van der Waals surface area contributed by atoms with Crippen LogP contribution in [0.1, 0.15) is 41.7 Å². The van der Waals surface area contributed by atoms with Crippen molar-refractivity contribution in [3.8, 4) is 0 Å². The molecule has 0 bridgehead atoms. The number of benzene rings is 1. The number of hydrogen-bond acceptors (Lipinski definition) is 4. The molecular weight excluding hydrogens is 338 g/mol. The Morgan fingerprint density at radius 2 is 1.93 bits per heavy atom. The summed E-state index contributed by atoms with van der Waals surface area (Å²) >= 11 is 0. The second-order valence-corrected chi connectivity index (χ2v) is 7.30. The summed E-state index contributed by atoms with van der Waals surface area (Å²) in [5.74, 6) is -0.0109. The van der Waals surface area contributed by atoms with E-state index in [2.05, 4.69) is 39.2 Å². The Morgan fingerprint density at radius 3 is 2.67 bits per heavy atom. The Kier molecular flexibility index (Phi) is 4.90. The van der Waals surface area contributed by atoms with Crippen LogP contribution in [-0.4, -0.2) is 44.5 Å². The van der Waals surface area contributed by atoms with E-state index in [9.17, 15) is 4.79 Å². The second-order valence-electron chi connectivity index (χ2n) is 7.30. The fraction of sp³-hybridized carbons (Fsp3) is 0.381. The highest BCUT2D eigenvalue weighted by atomic mass is 16.1. The van der Waals surface area contributed by atoms with Crippen LogP contribution in [0.4, 0.5) is 0 Å². The smallest absolute Gasteiger partial charge is 0.251 e. The van der Waals surface area contributed by atoms with Crippen molar-refractivity contribution in [2.75, 3.05) is 13.1 Å². The lowest BCUT2D eigenvalue weighted by Crippen LogP contribution is -2.45. The van der Waals surface area contributed by atoms with Crippen LogP contribution in [0.2, 0.25) is 0 Å². The van der Waals surface area contributed by atoms with Crippen LogP contribution in [0.3, 0.4) is 0 Å². The molecular formula is C21H25N5O. The first-order valence-electron chi connectivity index (χ1n) is 9.48. The SMILES string of the molecule is C[C@@H](c1ccncc1)N1CCC(NC(=O)c2ccc3c(c2)ncn3C)CC1. The minimum absolute atomic E-state index is 0.0109. The molecule has 0 radical (unpaired) electrons. The minimum Gasteiger partial charge on any atom is -0.349 e. The summed E-state index contributed by atoms with van der Waals surface area (Å²) in [5, 5.41) is 3.20. The quantitative estimate of drug-likeness (QED) is 0.774. The predicted molar refractivity (Wildman–Crippen MR) is 105 cm³/mol. The van der Waals surface area contributed by atoms with Crippen LogP contribution >= 0.6 is 0 Å². The number of imidazole rings is 1. The molecule has 2 aromatic heterocycles. The van der Waals surface area contributed by atoms with Gasteiger partial charge in [0, 0.05) is 50.2 Å². The van der Waals surface area contributed by atoms with Crippen LogP contribution in [0, 0.1) is 0 Å². The normalized spacial score (nSPS) is 17.1. The third-order valence-electron chi connectivity index (χ3n) is 5.59. The van der Waals surface area contributed by atoms with Gasteiger partial charge in [0.05, 0.1) is 17.4 Å². The van der Waals surface area contributed by atoms with Gasteiger partial charge >= 0.3 is 0 Å². The molecule has 1 aliphatic rings. The van der Waals surface area contributed by atoms with E-state index >= 15 is 0 Å². The van der Waals surface area contributed by atoms with Gasteiger partial charge in [-0.1, -0.05) is 0 Å². The summed E-state index contributed by atoms with van der Waals surface area (Å²) in [6.07, 6.45) is 7.39. The van der Waals surface area contributed by atoms with Crippen LogP contribution in [0.15, 0.2) is 49.1 Å². The zero-order valence-corrected chi connectivity index (χ0v) is 15.8. The number of hydrogen-bond donors (Lipinski definition) is 1. The van der Waals surface area contributed by atoms with Crippen molar-refractivity contribution in [3.05, 3.63) is 60.2 Å². The molecule has 1 fully saturated rings. The number of carbonyl (C=O) groups excluding carboxylic acids is 1. The Bertz CT molecular complexity index is 928. The number of nitrogens with one attached hydrogen (secondary N) is 1. The van der Waals surface area contributed by atoms with E-state index in [4.69, 9.17) is 0 Å². The fourth-order valence-electron chi connectivity index (χ4n) is 3.83. The number of rotatable bonds is 4. The molecule has 3 aromatic rings. The van der Waals surface area contributed by atoms with Gasteiger partial charge in [-0.15, -0.1) is 0 Å². The molecule has 3 heterocycles. The third-order valence-corrected chi connectivity index (χ3v) is 5.59. The maximum atomic E-state index is 12.6. The van der Waals surface area contributed by atoms with Crippen molar-refractivity contribution >= 4 is 16.9 Å². The van der Waals surface area contributed by atoms with Crippen molar-refractivity contribution in [3.63, 3.8) is 0 Å². The predicted octanol–water partition coefficient (Wildman–Crippen LogP) is 2.92. The third kappa shape index (κ3) is 3.71. The summed E-state index contributed by atoms with van der Waals surface area (Å²) in [7, 11) is 1.95. The molecule has 140 valence electrons. The van der Waals surface area contributed by atoms with Gasteiger partial charge in [-0.3, -0.25) is 14.7 Å². The van der Waals surface area contributed by atoms with Crippen molar-refractivity contribution < 1.29 is 4.79 Å². The van der Waals surface area contributed by atoms with Crippen molar-refractivity contribution in [2.24, 2.45) is 7.05 Å². The molecule has 1 atom stereocenters. The first-order valence-corrected chi connectivity index (χ1v) is 9.48. The van der Waals surface area contributed by atoms with Crippen LogP contribution in [0.5, 0.6) is 0 Å². The lowest BCUT2D eigenvalue weighted by molar-refractivity contribution is 0.0896. The maximum absolute atomic E-state index is 12.6. The Balaban J connectivity index is 1.35. The molecule has 0 aliphatic carbocycles. The fourth-order valence-corrected chi connectivity index (χ4v) is 3.83. The highest BCUT2D eigenvalue weighted by molar-refractivity contribution is 5.97. The molecule has 4 rings (SSSR count). The molecule has 1 aliphatic heterocycles. The van der Waals surface area contributed by atoms with Gasteiger partial charge in [0.2, 0.25) is 0 Å². The van der Waals surface area contributed by atoms with Gasteiger partial charge < -0.3 is 9.88 Å². The number of piperidine rings is 1. The summed E-state index contributed by atoms with van der Waals surface area (Å²) in [4.78, 5) is 23.5. The topological polar surface area (TPSA) is 63.1 Å². The number of aryl methyl sites for hydroxylation is 1. The maximum Gasteiger partial charge on any atom is 0.251 e. The minimum atomic E-state index is -0.0109. The lowest BCUT2D eigenvalue weighted by atomic mass is 10.0. The first-order chi connectivity index (χ1) is 13.1. The molecule has 27 heavy (non-hydrogen) atoms. The van der Waals surface area contributed by atoms with Gasteiger partial charge in [-0.25, -0.2) is 4.98 Å². The summed E-state index contributed by atoms with van der Waals surface area (Å²) in [6, 6.07) is 10.4. The van der Waals surface area contributed by atoms with Gasteiger partial charge in [-0.2, -0.15) is 0 Å². The number of amides is 1. The first kappa shape index (κ1) is 17.7. The van der Waals surface area contributed by atoms with E-state index < -0.39 is 0 Å². The zero-order chi connectivity index (χ0) is 18.8. The average Bonchev–Trinajstić information content (AvgIpc) is 3.09. The zero-order valence-electron chi connectivity index (χ0n) is 15.8. The highest BCUT2D eigenvalue weighted by Crippen LogP contribution is 2.24. The van der Waals surface area contributed by atoms with Crippen molar-refractivity contribution in [1.29, 1.82) is 0 Å².